The first-order valence-corrected chi connectivity index (χ1v) is 7.18. The molecule has 17 heavy (non-hydrogen) atoms. The minimum Gasteiger partial charge on any atom is -0.466 e. The van der Waals surface area contributed by atoms with Gasteiger partial charge in [-0.25, -0.2) is 0 Å². The first-order valence-electron chi connectivity index (χ1n) is 7.18. The van der Waals surface area contributed by atoms with Gasteiger partial charge in [0.1, 0.15) is 0 Å². The average molecular weight is 242 g/mol. The van der Waals surface area contributed by atoms with E-state index in [2.05, 4.69) is 27.7 Å². The Hall–Kier alpha value is -0.530. The number of hydrogen-bond acceptors (Lipinski definition) is 2. The van der Waals surface area contributed by atoms with Gasteiger partial charge in [0.15, 0.2) is 0 Å². The van der Waals surface area contributed by atoms with Gasteiger partial charge in [0, 0.05) is 6.42 Å². The summed E-state index contributed by atoms with van der Waals surface area (Å²) in [5.41, 5.74) is 0. The van der Waals surface area contributed by atoms with Gasteiger partial charge in [0.25, 0.3) is 0 Å². The summed E-state index contributed by atoms with van der Waals surface area (Å²) in [5.74, 6) is 1.47. The third-order valence-electron chi connectivity index (χ3n) is 2.85. The van der Waals surface area contributed by atoms with Crippen LogP contribution in [0.15, 0.2) is 0 Å². The fourth-order valence-electron chi connectivity index (χ4n) is 1.73. The number of carbonyl (C=O) groups excluding carboxylic acids is 1. The number of hydrogen-bond donors (Lipinski definition) is 0. The molecular formula is C15H30O2. The molecule has 0 fully saturated rings. The molecule has 0 radical (unpaired) electrons. The van der Waals surface area contributed by atoms with E-state index in [0.29, 0.717) is 13.0 Å². The quantitative estimate of drug-likeness (QED) is 0.414. The Bertz CT molecular complexity index is 185. The molecule has 0 N–H and O–H groups in total. The Labute approximate surface area is 107 Å². The van der Waals surface area contributed by atoms with Crippen LogP contribution >= 0.6 is 0 Å². The molecule has 0 aromatic heterocycles. The highest BCUT2D eigenvalue weighted by Gasteiger charge is 2.03. The van der Waals surface area contributed by atoms with Crippen LogP contribution in [0.5, 0.6) is 0 Å². The zero-order chi connectivity index (χ0) is 13.1. The number of unbranched alkanes of at least 4 members (excludes halogenated alkanes) is 2. The molecular weight excluding hydrogens is 212 g/mol. The summed E-state index contributed by atoms with van der Waals surface area (Å²) in [4.78, 5) is 11.4. The predicted molar refractivity (Wildman–Crippen MR) is 73.0 cm³/mol. The van der Waals surface area contributed by atoms with Crippen molar-refractivity contribution < 1.29 is 9.53 Å². The van der Waals surface area contributed by atoms with Gasteiger partial charge in [-0.2, -0.15) is 0 Å². The lowest BCUT2D eigenvalue weighted by molar-refractivity contribution is -0.143. The SMILES string of the molecule is CC(C)CCCCOC(=O)CCCCC(C)C. The largest absolute Gasteiger partial charge is 0.466 e. The lowest BCUT2D eigenvalue weighted by Crippen LogP contribution is -2.06. The summed E-state index contributed by atoms with van der Waals surface area (Å²) in [6.07, 6.45) is 7.32. The molecule has 0 aliphatic carbocycles. The molecule has 0 heterocycles. The summed E-state index contributed by atoms with van der Waals surface area (Å²) in [5, 5.41) is 0. The van der Waals surface area contributed by atoms with E-state index in [-0.39, 0.29) is 5.97 Å². The summed E-state index contributed by atoms with van der Waals surface area (Å²) >= 11 is 0. The summed E-state index contributed by atoms with van der Waals surface area (Å²) < 4.78 is 5.19. The minimum atomic E-state index is -0.0155. The van der Waals surface area contributed by atoms with E-state index in [1.165, 1.54) is 12.8 Å². The highest BCUT2D eigenvalue weighted by molar-refractivity contribution is 5.69. The number of carbonyl (C=O) groups is 1. The van der Waals surface area contributed by atoms with E-state index in [1.54, 1.807) is 0 Å². The zero-order valence-corrected chi connectivity index (χ0v) is 12.1. The number of esters is 1. The Balaban J connectivity index is 3.23. The van der Waals surface area contributed by atoms with E-state index in [1.807, 2.05) is 0 Å². The molecule has 2 heteroatoms. The van der Waals surface area contributed by atoms with Crippen molar-refractivity contribution in [3.05, 3.63) is 0 Å². The second-order valence-electron chi connectivity index (χ2n) is 5.75. The molecule has 0 rings (SSSR count). The lowest BCUT2D eigenvalue weighted by Gasteiger charge is -2.07. The van der Waals surface area contributed by atoms with Crippen molar-refractivity contribution >= 4 is 5.97 Å². The molecule has 0 atom stereocenters. The molecule has 102 valence electrons. The lowest BCUT2D eigenvalue weighted by atomic mass is 10.1. The van der Waals surface area contributed by atoms with Crippen LogP contribution in [0.25, 0.3) is 0 Å². The molecule has 0 bridgehead atoms. The van der Waals surface area contributed by atoms with Crippen molar-refractivity contribution in [1.29, 1.82) is 0 Å². The smallest absolute Gasteiger partial charge is 0.305 e. The van der Waals surface area contributed by atoms with Crippen molar-refractivity contribution in [2.75, 3.05) is 6.61 Å². The van der Waals surface area contributed by atoms with Crippen LogP contribution in [0.1, 0.15) is 72.6 Å². The molecule has 0 amide bonds. The van der Waals surface area contributed by atoms with E-state index in [0.717, 1.165) is 37.5 Å². The topological polar surface area (TPSA) is 26.3 Å². The van der Waals surface area contributed by atoms with E-state index in [4.69, 9.17) is 4.74 Å². The summed E-state index contributed by atoms with van der Waals surface area (Å²) in [6, 6.07) is 0. The van der Waals surface area contributed by atoms with E-state index >= 15 is 0 Å². The fourth-order valence-corrected chi connectivity index (χ4v) is 1.73. The second-order valence-corrected chi connectivity index (χ2v) is 5.75. The van der Waals surface area contributed by atoms with Crippen LogP contribution in [0.2, 0.25) is 0 Å². The highest BCUT2D eigenvalue weighted by Crippen LogP contribution is 2.09. The normalized spacial score (nSPS) is 11.2. The zero-order valence-electron chi connectivity index (χ0n) is 12.1. The van der Waals surface area contributed by atoms with Crippen molar-refractivity contribution in [3.8, 4) is 0 Å². The third kappa shape index (κ3) is 13.4. The van der Waals surface area contributed by atoms with Crippen LogP contribution in [0.4, 0.5) is 0 Å². The van der Waals surface area contributed by atoms with Crippen molar-refractivity contribution in [3.63, 3.8) is 0 Å². The van der Waals surface area contributed by atoms with Gasteiger partial charge >= 0.3 is 5.97 Å². The van der Waals surface area contributed by atoms with E-state index in [9.17, 15) is 4.79 Å². The summed E-state index contributed by atoms with van der Waals surface area (Å²) in [6.45, 7) is 9.48. The molecule has 0 spiro atoms. The van der Waals surface area contributed by atoms with Gasteiger partial charge in [-0.3, -0.25) is 4.79 Å². The van der Waals surface area contributed by atoms with Crippen LogP contribution in [-0.4, -0.2) is 12.6 Å². The maximum Gasteiger partial charge on any atom is 0.305 e. The van der Waals surface area contributed by atoms with Gasteiger partial charge in [0.2, 0.25) is 0 Å². The van der Waals surface area contributed by atoms with Crippen molar-refractivity contribution in [2.24, 2.45) is 11.8 Å². The van der Waals surface area contributed by atoms with Crippen molar-refractivity contribution in [2.45, 2.75) is 72.6 Å². The average Bonchev–Trinajstić information content (AvgIpc) is 2.23. The fraction of sp³-hybridized carbons (Fsp3) is 0.933. The molecule has 0 aromatic rings. The maximum absolute atomic E-state index is 11.4. The van der Waals surface area contributed by atoms with Crippen LogP contribution < -0.4 is 0 Å². The maximum atomic E-state index is 11.4. The standard InChI is InChI=1S/C15H30O2/c1-13(2)9-5-6-11-15(16)17-12-8-7-10-14(3)4/h13-14H,5-12H2,1-4H3. The number of ether oxygens (including phenoxy) is 1. The van der Waals surface area contributed by atoms with E-state index < -0.39 is 0 Å². The predicted octanol–water partition coefficient (Wildman–Crippen LogP) is 4.57. The first-order chi connectivity index (χ1) is 8.02. The Morgan fingerprint density at radius 3 is 1.94 bits per heavy atom. The summed E-state index contributed by atoms with van der Waals surface area (Å²) in [7, 11) is 0. The molecule has 2 nitrogen and oxygen atoms in total. The molecule has 0 aliphatic rings. The Kier molecular flexibility index (Phi) is 10.3. The van der Waals surface area contributed by atoms with Crippen LogP contribution in [-0.2, 0) is 9.53 Å². The molecule has 0 aromatic carbocycles. The molecule has 0 aliphatic heterocycles. The molecule has 0 unspecified atom stereocenters. The van der Waals surface area contributed by atoms with Crippen LogP contribution in [0, 0.1) is 11.8 Å². The van der Waals surface area contributed by atoms with Gasteiger partial charge in [-0.1, -0.05) is 47.0 Å². The molecule has 0 saturated carbocycles. The van der Waals surface area contributed by atoms with Gasteiger partial charge in [-0.05, 0) is 31.1 Å². The monoisotopic (exact) mass is 242 g/mol. The highest BCUT2D eigenvalue weighted by atomic mass is 16.5. The van der Waals surface area contributed by atoms with Gasteiger partial charge < -0.3 is 4.74 Å². The van der Waals surface area contributed by atoms with Gasteiger partial charge in [-0.15, -0.1) is 0 Å². The second kappa shape index (κ2) is 10.6. The minimum absolute atomic E-state index is 0.0155. The Morgan fingerprint density at radius 2 is 1.41 bits per heavy atom. The van der Waals surface area contributed by atoms with Gasteiger partial charge in [0.05, 0.1) is 6.61 Å². The third-order valence-corrected chi connectivity index (χ3v) is 2.85. The molecule has 0 saturated heterocycles. The Morgan fingerprint density at radius 1 is 0.882 bits per heavy atom. The first kappa shape index (κ1) is 16.5. The number of rotatable bonds is 10. The van der Waals surface area contributed by atoms with Crippen molar-refractivity contribution in [1.82, 2.24) is 0 Å². The van der Waals surface area contributed by atoms with Crippen LogP contribution in [0.3, 0.4) is 0 Å².